The molecule has 2 N–H and O–H groups in total. The minimum Gasteiger partial charge on any atom is -0.491 e. The summed E-state index contributed by atoms with van der Waals surface area (Å²) in [6.07, 6.45) is 0.977. The van der Waals surface area contributed by atoms with Crippen molar-refractivity contribution in [1.29, 1.82) is 0 Å². The zero-order chi connectivity index (χ0) is 13.4. The molecule has 1 rings (SSSR count). The highest BCUT2D eigenvalue weighted by atomic mass is 16.5. The topological polar surface area (TPSA) is 47.7 Å². The van der Waals surface area contributed by atoms with E-state index in [2.05, 4.69) is 18.7 Å². The van der Waals surface area contributed by atoms with Crippen LogP contribution in [-0.2, 0) is 4.74 Å². The normalized spacial score (nSPS) is 10.4. The summed E-state index contributed by atoms with van der Waals surface area (Å²) in [5.74, 6) is 0.769. The van der Waals surface area contributed by atoms with Crippen LogP contribution in [0.2, 0.25) is 0 Å². The molecule has 0 saturated heterocycles. The molecule has 18 heavy (non-hydrogen) atoms. The minimum atomic E-state index is 0.690. The van der Waals surface area contributed by atoms with Gasteiger partial charge in [0.05, 0.1) is 18.9 Å². The molecule has 4 nitrogen and oxygen atoms in total. The van der Waals surface area contributed by atoms with Crippen LogP contribution in [0.25, 0.3) is 0 Å². The molecule has 4 heteroatoms. The van der Waals surface area contributed by atoms with Crippen molar-refractivity contribution < 1.29 is 9.47 Å². The van der Waals surface area contributed by atoms with E-state index in [1.54, 1.807) is 7.11 Å². The first kappa shape index (κ1) is 14.6. The van der Waals surface area contributed by atoms with Crippen LogP contribution < -0.4 is 15.4 Å². The highest BCUT2D eigenvalue weighted by Gasteiger charge is 2.07. The molecule has 0 unspecified atom stereocenters. The highest BCUT2D eigenvalue weighted by molar-refractivity contribution is 5.62. The van der Waals surface area contributed by atoms with E-state index in [0.29, 0.717) is 18.9 Å². The molecule has 1 aromatic carbocycles. The first-order valence-electron chi connectivity index (χ1n) is 6.49. The van der Waals surface area contributed by atoms with Gasteiger partial charge in [-0.25, -0.2) is 0 Å². The molecule has 0 spiro atoms. The fourth-order valence-electron chi connectivity index (χ4n) is 1.73. The van der Waals surface area contributed by atoms with Gasteiger partial charge in [-0.1, -0.05) is 6.92 Å². The number of ether oxygens (including phenoxy) is 2. The van der Waals surface area contributed by atoms with Crippen LogP contribution in [0.1, 0.15) is 20.3 Å². The van der Waals surface area contributed by atoms with E-state index in [1.165, 1.54) is 0 Å². The SMILES string of the molecule is CCCOc1cc(N(CC)CCOC)ccc1N. The number of nitrogens with two attached hydrogens (primary N) is 1. The summed E-state index contributed by atoms with van der Waals surface area (Å²) in [5.41, 5.74) is 7.71. The Morgan fingerprint density at radius 3 is 2.61 bits per heavy atom. The van der Waals surface area contributed by atoms with E-state index in [0.717, 1.165) is 30.9 Å². The number of likely N-dealkylation sites (N-methyl/N-ethyl adjacent to an activating group) is 1. The summed E-state index contributed by atoms with van der Waals surface area (Å²) < 4.78 is 10.8. The van der Waals surface area contributed by atoms with Crippen LogP contribution in [0.5, 0.6) is 5.75 Å². The average Bonchev–Trinajstić information content (AvgIpc) is 2.39. The van der Waals surface area contributed by atoms with E-state index in [4.69, 9.17) is 15.2 Å². The lowest BCUT2D eigenvalue weighted by atomic mass is 10.2. The third-order valence-electron chi connectivity index (χ3n) is 2.77. The van der Waals surface area contributed by atoms with Crippen LogP contribution in [0.3, 0.4) is 0 Å². The maximum Gasteiger partial charge on any atom is 0.144 e. The van der Waals surface area contributed by atoms with Crippen molar-refractivity contribution >= 4 is 11.4 Å². The maximum atomic E-state index is 5.90. The monoisotopic (exact) mass is 252 g/mol. The third-order valence-corrected chi connectivity index (χ3v) is 2.77. The maximum absolute atomic E-state index is 5.90. The minimum absolute atomic E-state index is 0.690. The lowest BCUT2D eigenvalue weighted by Crippen LogP contribution is -2.26. The van der Waals surface area contributed by atoms with Gasteiger partial charge in [-0.3, -0.25) is 0 Å². The summed E-state index contributed by atoms with van der Waals surface area (Å²) >= 11 is 0. The Bertz CT molecular complexity index is 356. The number of rotatable bonds is 8. The summed E-state index contributed by atoms with van der Waals surface area (Å²) in [4.78, 5) is 2.24. The van der Waals surface area contributed by atoms with E-state index in [9.17, 15) is 0 Å². The standard InChI is InChI=1S/C14H24N2O2/c1-4-9-18-14-11-12(6-7-13(14)15)16(5-2)8-10-17-3/h6-7,11H,4-5,8-10,15H2,1-3H3. The number of benzene rings is 1. The van der Waals surface area contributed by atoms with Gasteiger partial charge in [0, 0.05) is 32.0 Å². The van der Waals surface area contributed by atoms with Crippen molar-refractivity contribution in [3.8, 4) is 5.75 Å². The second-order valence-electron chi connectivity index (χ2n) is 4.14. The molecule has 1 aromatic rings. The molecule has 0 atom stereocenters. The van der Waals surface area contributed by atoms with Gasteiger partial charge in [0.1, 0.15) is 5.75 Å². The number of hydrogen-bond donors (Lipinski definition) is 1. The van der Waals surface area contributed by atoms with E-state index in [1.807, 2.05) is 18.2 Å². The van der Waals surface area contributed by atoms with Crippen LogP contribution in [-0.4, -0.2) is 33.4 Å². The quantitative estimate of drug-likeness (QED) is 0.722. The van der Waals surface area contributed by atoms with E-state index >= 15 is 0 Å². The van der Waals surface area contributed by atoms with E-state index in [-0.39, 0.29) is 0 Å². The van der Waals surface area contributed by atoms with Crippen LogP contribution >= 0.6 is 0 Å². The Kier molecular flexibility index (Phi) is 6.36. The predicted octanol–water partition coefficient (Wildman–Crippen LogP) is 2.53. The smallest absolute Gasteiger partial charge is 0.144 e. The molecule has 0 heterocycles. The lowest BCUT2D eigenvalue weighted by Gasteiger charge is -2.23. The molecule has 0 aliphatic carbocycles. The molecule has 0 radical (unpaired) electrons. The molecular formula is C14H24N2O2. The van der Waals surface area contributed by atoms with Crippen LogP contribution in [0.15, 0.2) is 18.2 Å². The predicted molar refractivity (Wildman–Crippen MR) is 76.4 cm³/mol. The summed E-state index contributed by atoms with van der Waals surface area (Å²) in [6.45, 7) is 7.40. The summed E-state index contributed by atoms with van der Waals surface area (Å²) in [7, 11) is 1.71. The zero-order valence-corrected chi connectivity index (χ0v) is 11.6. The number of methoxy groups -OCH3 is 1. The Balaban J connectivity index is 2.80. The summed E-state index contributed by atoms with van der Waals surface area (Å²) in [5, 5.41) is 0. The van der Waals surface area contributed by atoms with Crippen molar-refractivity contribution in [3.05, 3.63) is 18.2 Å². The highest BCUT2D eigenvalue weighted by Crippen LogP contribution is 2.27. The van der Waals surface area contributed by atoms with Gasteiger partial charge in [0.25, 0.3) is 0 Å². The fraction of sp³-hybridized carbons (Fsp3) is 0.571. The van der Waals surface area contributed by atoms with Gasteiger partial charge in [-0.05, 0) is 25.5 Å². The molecule has 102 valence electrons. The molecule has 0 amide bonds. The van der Waals surface area contributed by atoms with Gasteiger partial charge < -0.3 is 20.1 Å². The molecule has 0 aliphatic rings. The first-order valence-corrected chi connectivity index (χ1v) is 6.49. The average molecular weight is 252 g/mol. The first-order chi connectivity index (χ1) is 8.72. The Labute approximate surface area is 110 Å². The van der Waals surface area contributed by atoms with Crippen LogP contribution in [0.4, 0.5) is 11.4 Å². The number of anilines is 2. The molecular weight excluding hydrogens is 228 g/mol. The van der Waals surface area contributed by atoms with Crippen molar-refractivity contribution in [2.24, 2.45) is 0 Å². The van der Waals surface area contributed by atoms with Gasteiger partial charge in [-0.15, -0.1) is 0 Å². The van der Waals surface area contributed by atoms with Crippen molar-refractivity contribution in [2.75, 3.05) is 44.0 Å². The van der Waals surface area contributed by atoms with Crippen molar-refractivity contribution in [2.45, 2.75) is 20.3 Å². The van der Waals surface area contributed by atoms with Gasteiger partial charge >= 0.3 is 0 Å². The second-order valence-corrected chi connectivity index (χ2v) is 4.14. The van der Waals surface area contributed by atoms with Crippen molar-refractivity contribution in [3.63, 3.8) is 0 Å². The molecule has 0 fully saturated rings. The zero-order valence-electron chi connectivity index (χ0n) is 11.6. The largest absolute Gasteiger partial charge is 0.491 e. The molecule has 0 aromatic heterocycles. The molecule has 0 bridgehead atoms. The van der Waals surface area contributed by atoms with Gasteiger partial charge in [0.2, 0.25) is 0 Å². The number of nitrogen functional groups attached to an aromatic ring is 1. The lowest BCUT2D eigenvalue weighted by molar-refractivity contribution is 0.205. The Hall–Kier alpha value is -1.42. The molecule has 0 aliphatic heterocycles. The van der Waals surface area contributed by atoms with Gasteiger partial charge in [0.15, 0.2) is 0 Å². The Morgan fingerprint density at radius 2 is 2.00 bits per heavy atom. The fourth-order valence-corrected chi connectivity index (χ4v) is 1.73. The van der Waals surface area contributed by atoms with Crippen molar-refractivity contribution in [1.82, 2.24) is 0 Å². The second kappa shape index (κ2) is 7.82. The number of nitrogens with zero attached hydrogens (tertiary/aromatic N) is 1. The Morgan fingerprint density at radius 1 is 1.22 bits per heavy atom. The third kappa shape index (κ3) is 4.11. The van der Waals surface area contributed by atoms with E-state index < -0.39 is 0 Å². The molecule has 0 saturated carbocycles. The van der Waals surface area contributed by atoms with Gasteiger partial charge in [-0.2, -0.15) is 0 Å². The number of hydrogen-bond acceptors (Lipinski definition) is 4. The van der Waals surface area contributed by atoms with Crippen LogP contribution in [0, 0.1) is 0 Å². The summed E-state index contributed by atoms with van der Waals surface area (Å²) in [6, 6.07) is 5.92.